The van der Waals surface area contributed by atoms with Crippen molar-refractivity contribution in [3.05, 3.63) is 40.0 Å². The van der Waals surface area contributed by atoms with Crippen molar-refractivity contribution in [1.29, 1.82) is 0 Å². The monoisotopic (exact) mass is 450 g/mol. The predicted molar refractivity (Wildman–Crippen MR) is 130 cm³/mol. The maximum Gasteiger partial charge on any atom is 0.261 e. The van der Waals surface area contributed by atoms with Crippen LogP contribution in [0.5, 0.6) is 0 Å². The van der Waals surface area contributed by atoms with Gasteiger partial charge in [0.2, 0.25) is 0 Å². The summed E-state index contributed by atoms with van der Waals surface area (Å²) in [4.78, 5) is 26.8. The number of hydrogen-bond donors (Lipinski definition) is 4. The third-order valence-corrected chi connectivity index (χ3v) is 7.32. The van der Waals surface area contributed by atoms with Crippen molar-refractivity contribution in [3.8, 4) is 11.4 Å². The Morgan fingerprint density at radius 1 is 1.09 bits per heavy atom. The van der Waals surface area contributed by atoms with Crippen LogP contribution in [0.4, 0.5) is 11.4 Å². The van der Waals surface area contributed by atoms with E-state index < -0.39 is 0 Å². The molecule has 4 N–H and O–H groups in total. The van der Waals surface area contributed by atoms with E-state index in [0.29, 0.717) is 17.4 Å². The number of thiophene rings is 1. The van der Waals surface area contributed by atoms with Crippen LogP contribution in [0, 0.1) is 0 Å². The zero-order valence-electron chi connectivity index (χ0n) is 17.7. The second-order valence-electron chi connectivity index (χ2n) is 8.42. The second kappa shape index (κ2) is 8.23. The van der Waals surface area contributed by atoms with Gasteiger partial charge >= 0.3 is 0 Å². The van der Waals surface area contributed by atoms with Gasteiger partial charge in [0, 0.05) is 24.8 Å². The molecule has 2 saturated heterocycles. The number of H-pyrrole nitrogens is 2. The summed E-state index contributed by atoms with van der Waals surface area (Å²) in [5.41, 5.74) is 5.15. The normalized spacial score (nSPS) is 17.9. The molecule has 0 amide bonds. The summed E-state index contributed by atoms with van der Waals surface area (Å²) < 4.78 is 6.54. The number of rotatable bonds is 4. The number of aromatic nitrogens is 3. The fourth-order valence-corrected chi connectivity index (χ4v) is 5.55. The number of benzene rings is 1. The van der Waals surface area contributed by atoms with Gasteiger partial charge in [-0.05, 0) is 55.6 Å². The number of nitrogens with one attached hydrogen (secondary N) is 4. The number of pyridine rings is 1. The topological polar surface area (TPSA) is 98.1 Å². The summed E-state index contributed by atoms with van der Waals surface area (Å²) >= 11 is 1.64. The molecule has 2 fully saturated rings. The van der Waals surface area contributed by atoms with E-state index in [-0.39, 0.29) is 5.56 Å². The minimum atomic E-state index is -0.125. The van der Waals surface area contributed by atoms with Crippen molar-refractivity contribution in [2.24, 2.45) is 0 Å². The Kier molecular flexibility index (Phi) is 5.09. The molecule has 6 rings (SSSR count). The maximum absolute atomic E-state index is 13.2. The average molecular weight is 451 g/mol. The molecule has 4 aromatic rings. The Hall–Kier alpha value is -2.88. The number of piperidine rings is 1. The lowest BCUT2D eigenvalue weighted by Gasteiger charge is -2.28. The van der Waals surface area contributed by atoms with Gasteiger partial charge in [-0.2, -0.15) is 0 Å². The molecule has 32 heavy (non-hydrogen) atoms. The van der Waals surface area contributed by atoms with E-state index >= 15 is 0 Å². The van der Waals surface area contributed by atoms with Crippen LogP contribution in [0.3, 0.4) is 0 Å². The lowest BCUT2D eigenvalue weighted by molar-refractivity contribution is 0.122. The second-order valence-corrected chi connectivity index (χ2v) is 9.34. The number of ether oxygens (including phenoxy) is 1. The molecule has 0 atom stereocenters. The fourth-order valence-electron chi connectivity index (χ4n) is 4.68. The van der Waals surface area contributed by atoms with Gasteiger partial charge in [0.05, 0.1) is 40.2 Å². The number of anilines is 2. The SMILES string of the molecule is O=c1[nH]c2ccsc2c(NC2CCNCC2)c1-c1nc2ccc(N3CCOCC3)cc2[nH]1. The van der Waals surface area contributed by atoms with Crippen LogP contribution in [-0.4, -0.2) is 60.4 Å². The van der Waals surface area contributed by atoms with Crippen molar-refractivity contribution >= 4 is 44.0 Å². The average Bonchev–Trinajstić information content (AvgIpc) is 3.46. The molecule has 0 unspecified atom stereocenters. The van der Waals surface area contributed by atoms with Gasteiger partial charge < -0.3 is 30.2 Å². The van der Waals surface area contributed by atoms with Gasteiger partial charge in [0.1, 0.15) is 11.4 Å². The van der Waals surface area contributed by atoms with Crippen molar-refractivity contribution in [2.45, 2.75) is 18.9 Å². The first-order chi connectivity index (χ1) is 15.8. The number of imidazole rings is 1. The molecule has 2 aliphatic rings. The molecule has 0 aliphatic carbocycles. The maximum atomic E-state index is 13.2. The van der Waals surface area contributed by atoms with Gasteiger partial charge in [-0.15, -0.1) is 11.3 Å². The molecule has 2 aliphatic heterocycles. The molecule has 3 aromatic heterocycles. The number of morpholine rings is 1. The number of hydrogen-bond acceptors (Lipinski definition) is 7. The summed E-state index contributed by atoms with van der Waals surface area (Å²) in [6.07, 6.45) is 2.06. The smallest absolute Gasteiger partial charge is 0.261 e. The highest BCUT2D eigenvalue weighted by Crippen LogP contribution is 2.35. The lowest BCUT2D eigenvalue weighted by Crippen LogP contribution is -2.36. The van der Waals surface area contributed by atoms with Crippen molar-refractivity contribution < 1.29 is 4.74 Å². The van der Waals surface area contributed by atoms with E-state index in [1.54, 1.807) is 11.3 Å². The molecule has 0 radical (unpaired) electrons. The van der Waals surface area contributed by atoms with Crippen molar-refractivity contribution in [2.75, 3.05) is 49.6 Å². The van der Waals surface area contributed by atoms with Crippen molar-refractivity contribution in [3.63, 3.8) is 0 Å². The Bertz CT molecular complexity index is 1310. The molecule has 166 valence electrons. The van der Waals surface area contributed by atoms with Crippen LogP contribution >= 0.6 is 11.3 Å². The predicted octanol–water partition coefficient (Wildman–Crippen LogP) is 3.13. The molecule has 1 aromatic carbocycles. The number of nitrogens with zero attached hydrogens (tertiary/aromatic N) is 2. The molecule has 8 nitrogen and oxygen atoms in total. The molecular weight excluding hydrogens is 424 g/mol. The van der Waals surface area contributed by atoms with Crippen LogP contribution in [-0.2, 0) is 4.74 Å². The van der Waals surface area contributed by atoms with Crippen LogP contribution in [0.1, 0.15) is 12.8 Å². The number of fused-ring (bicyclic) bond motifs is 2. The summed E-state index contributed by atoms with van der Waals surface area (Å²) in [6, 6.07) is 8.54. The molecule has 9 heteroatoms. The van der Waals surface area contributed by atoms with Gasteiger partial charge in [-0.1, -0.05) is 0 Å². The standard InChI is InChI=1S/C23H26N6O2S/c30-23-19(20(21-17(28-23)5-12-32-21)25-14-3-6-24-7-4-14)22-26-16-2-1-15(13-18(16)27-22)29-8-10-31-11-9-29/h1-2,5,12-14,24H,3-4,6-11H2,(H,26,27)(H2,25,28,30). The van der Waals surface area contributed by atoms with Crippen LogP contribution in [0.25, 0.3) is 32.6 Å². The van der Waals surface area contributed by atoms with E-state index in [0.717, 1.165) is 84.9 Å². The first-order valence-corrected chi connectivity index (χ1v) is 12.1. The van der Waals surface area contributed by atoms with E-state index in [2.05, 4.69) is 37.6 Å². The van der Waals surface area contributed by atoms with Gasteiger partial charge in [-0.3, -0.25) is 4.79 Å². The summed E-state index contributed by atoms with van der Waals surface area (Å²) in [5.74, 6) is 0.604. The van der Waals surface area contributed by atoms with Crippen molar-refractivity contribution in [1.82, 2.24) is 20.3 Å². The molecule has 0 saturated carbocycles. The highest BCUT2D eigenvalue weighted by molar-refractivity contribution is 7.17. The van der Waals surface area contributed by atoms with Crippen LogP contribution in [0.15, 0.2) is 34.4 Å². The first-order valence-electron chi connectivity index (χ1n) is 11.2. The fraction of sp³-hybridized carbons (Fsp3) is 0.391. The molecule has 0 spiro atoms. The molecule has 5 heterocycles. The van der Waals surface area contributed by atoms with E-state index in [9.17, 15) is 4.79 Å². The minimum absolute atomic E-state index is 0.125. The third kappa shape index (κ3) is 3.56. The Labute approximate surface area is 189 Å². The van der Waals surface area contributed by atoms with Gasteiger partial charge in [-0.25, -0.2) is 4.98 Å². The Balaban J connectivity index is 1.44. The minimum Gasteiger partial charge on any atom is -0.380 e. The summed E-state index contributed by atoms with van der Waals surface area (Å²) in [6.45, 7) is 5.22. The van der Waals surface area contributed by atoms with E-state index in [1.165, 1.54) is 0 Å². The molecule has 0 bridgehead atoms. The van der Waals surface area contributed by atoms with Crippen LogP contribution < -0.4 is 21.1 Å². The van der Waals surface area contributed by atoms with Gasteiger partial charge in [0.15, 0.2) is 0 Å². The highest BCUT2D eigenvalue weighted by Gasteiger charge is 2.22. The van der Waals surface area contributed by atoms with E-state index in [4.69, 9.17) is 9.72 Å². The highest BCUT2D eigenvalue weighted by atomic mass is 32.1. The van der Waals surface area contributed by atoms with Gasteiger partial charge in [0.25, 0.3) is 5.56 Å². The van der Waals surface area contributed by atoms with Crippen LogP contribution in [0.2, 0.25) is 0 Å². The summed E-state index contributed by atoms with van der Waals surface area (Å²) in [5, 5.41) is 9.12. The zero-order chi connectivity index (χ0) is 21.5. The Morgan fingerprint density at radius 3 is 2.78 bits per heavy atom. The zero-order valence-corrected chi connectivity index (χ0v) is 18.6. The molecular formula is C23H26N6O2S. The quantitative estimate of drug-likeness (QED) is 0.381. The number of aromatic amines is 2. The third-order valence-electron chi connectivity index (χ3n) is 6.38. The summed E-state index contributed by atoms with van der Waals surface area (Å²) in [7, 11) is 0. The van der Waals surface area contributed by atoms with E-state index in [1.807, 2.05) is 17.5 Å². The lowest BCUT2D eigenvalue weighted by atomic mass is 10.1. The Morgan fingerprint density at radius 2 is 1.94 bits per heavy atom. The first kappa shape index (κ1) is 19.8. The largest absolute Gasteiger partial charge is 0.380 e.